The molecule has 0 aliphatic heterocycles. The zero-order valence-electron chi connectivity index (χ0n) is 11.1. The first-order valence-corrected chi connectivity index (χ1v) is 6.36. The second kappa shape index (κ2) is 5.13. The Bertz CT molecular complexity index is 749. The molecular weight excluding hydrogens is 252 g/mol. The predicted octanol–water partition coefficient (Wildman–Crippen LogP) is 1.97. The van der Waals surface area contributed by atoms with Gasteiger partial charge in [-0.15, -0.1) is 0 Å². The number of amides is 1. The highest BCUT2D eigenvalue weighted by Gasteiger charge is 2.15. The summed E-state index contributed by atoms with van der Waals surface area (Å²) in [6.07, 6.45) is 5.26. The summed E-state index contributed by atoms with van der Waals surface area (Å²) < 4.78 is 1.80. The fourth-order valence-corrected chi connectivity index (χ4v) is 2.15. The minimum Gasteiger partial charge on any atom is -0.347 e. The summed E-state index contributed by atoms with van der Waals surface area (Å²) in [4.78, 5) is 20.7. The number of nitrogens with zero attached hydrogens (tertiary/aromatic N) is 3. The summed E-state index contributed by atoms with van der Waals surface area (Å²) in [6.45, 7) is 2.31. The maximum Gasteiger partial charge on any atom is 0.270 e. The number of rotatable bonds is 3. The maximum atomic E-state index is 12.3. The Morgan fingerprint density at radius 2 is 2.05 bits per heavy atom. The monoisotopic (exact) mass is 266 g/mol. The molecule has 0 fully saturated rings. The summed E-state index contributed by atoms with van der Waals surface area (Å²) in [5.41, 5.74) is 3.09. The SMILES string of the molecule is Cc1nc2ccccn2c1C(=O)NCc1ccncc1. The van der Waals surface area contributed by atoms with Crippen molar-refractivity contribution in [1.82, 2.24) is 19.7 Å². The van der Waals surface area contributed by atoms with Crippen molar-refractivity contribution in [2.45, 2.75) is 13.5 Å². The minimum atomic E-state index is -0.127. The van der Waals surface area contributed by atoms with Crippen LogP contribution in [-0.4, -0.2) is 20.3 Å². The largest absolute Gasteiger partial charge is 0.347 e. The lowest BCUT2D eigenvalue weighted by atomic mass is 10.2. The van der Waals surface area contributed by atoms with E-state index in [0.29, 0.717) is 12.2 Å². The molecule has 1 amide bonds. The maximum absolute atomic E-state index is 12.3. The summed E-state index contributed by atoms with van der Waals surface area (Å²) in [6, 6.07) is 9.42. The Morgan fingerprint density at radius 3 is 2.85 bits per heavy atom. The highest BCUT2D eigenvalue weighted by molar-refractivity contribution is 5.94. The number of pyridine rings is 2. The van der Waals surface area contributed by atoms with E-state index in [9.17, 15) is 4.79 Å². The van der Waals surface area contributed by atoms with Gasteiger partial charge in [0, 0.05) is 25.1 Å². The Hall–Kier alpha value is -2.69. The summed E-state index contributed by atoms with van der Waals surface area (Å²) in [5.74, 6) is -0.127. The topological polar surface area (TPSA) is 59.3 Å². The highest BCUT2D eigenvalue weighted by Crippen LogP contribution is 2.11. The molecule has 0 aliphatic rings. The van der Waals surface area contributed by atoms with Crippen molar-refractivity contribution in [3.8, 4) is 0 Å². The molecule has 0 bridgehead atoms. The van der Waals surface area contributed by atoms with Crippen molar-refractivity contribution >= 4 is 11.6 Å². The normalized spacial score (nSPS) is 10.7. The van der Waals surface area contributed by atoms with Gasteiger partial charge in [0.15, 0.2) is 0 Å². The van der Waals surface area contributed by atoms with Crippen molar-refractivity contribution in [2.75, 3.05) is 0 Å². The molecule has 20 heavy (non-hydrogen) atoms. The number of hydrogen-bond acceptors (Lipinski definition) is 3. The quantitative estimate of drug-likeness (QED) is 0.788. The van der Waals surface area contributed by atoms with Crippen LogP contribution in [0.25, 0.3) is 5.65 Å². The Labute approximate surface area is 116 Å². The molecule has 0 unspecified atom stereocenters. The molecule has 0 aliphatic carbocycles. The first-order valence-electron chi connectivity index (χ1n) is 6.36. The molecule has 0 aromatic carbocycles. The van der Waals surface area contributed by atoms with Crippen LogP contribution in [0, 0.1) is 6.92 Å². The van der Waals surface area contributed by atoms with E-state index in [1.807, 2.05) is 43.5 Å². The van der Waals surface area contributed by atoms with Crippen molar-refractivity contribution < 1.29 is 4.79 Å². The number of fused-ring (bicyclic) bond motifs is 1. The van der Waals surface area contributed by atoms with Crippen LogP contribution in [0.15, 0.2) is 48.9 Å². The van der Waals surface area contributed by atoms with Crippen molar-refractivity contribution in [2.24, 2.45) is 0 Å². The number of aromatic nitrogens is 3. The molecule has 3 aromatic rings. The predicted molar refractivity (Wildman–Crippen MR) is 75.3 cm³/mol. The standard InChI is InChI=1S/C15H14N4O/c1-11-14(19-9-3-2-4-13(19)18-11)15(20)17-10-12-5-7-16-8-6-12/h2-9H,10H2,1H3,(H,17,20). The van der Waals surface area contributed by atoms with Crippen molar-refractivity contribution in [3.63, 3.8) is 0 Å². The molecule has 3 rings (SSSR count). The molecule has 100 valence electrons. The van der Waals surface area contributed by atoms with Crippen LogP contribution in [0.5, 0.6) is 0 Å². The molecule has 0 saturated carbocycles. The van der Waals surface area contributed by atoms with Gasteiger partial charge in [-0.1, -0.05) is 6.07 Å². The smallest absolute Gasteiger partial charge is 0.270 e. The van der Waals surface area contributed by atoms with E-state index in [4.69, 9.17) is 0 Å². The second-order valence-corrected chi connectivity index (χ2v) is 4.51. The lowest BCUT2D eigenvalue weighted by molar-refractivity contribution is 0.0944. The van der Waals surface area contributed by atoms with Crippen LogP contribution >= 0.6 is 0 Å². The van der Waals surface area contributed by atoms with Gasteiger partial charge in [0.2, 0.25) is 0 Å². The number of carbonyl (C=O) groups is 1. The van der Waals surface area contributed by atoms with E-state index in [2.05, 4.69) is 15.3 Å². The fourth-order valence-electron chi connectivity index (χ4n) is 2.15. The molecule has 5 nitrogen and oxygen atoms in total. The first-order chi connectivity index (χ1) is 9.75. The molecule has 1 N–H and O–H groups in total. The zero-order valence-corrected chi connectivity index (χ0v) is 11.1. The van der Waals surface area contributed by atoms with Gasteiger partial charge in [0.1, 0.15) is 11.3 Å². The summed E-state index contributed by atoms with van der Waals surface area (Å²) in [7, 11) is 0. The first kappa shape index (κ1) is 12.3. The van der Waals surface area contributed by atoms with E-state index < -0.39 is 0 Å². The van der Waals surface area contributed by atoms with Gasteiger partial charge >= 0.3 is 0 Å². The lowest BCUT2D eigenvalue weighted by Gasteiger charge is -2.05. The summed E-state index contributed by atoms with van der Waals surface area (Å²) in [5, 5.41) is 2.91. The van der Waals surface area contributed by atoms with Crippen LogP contribution in [0.2, 0.25) is 0 Å². The third kappa shape index (κ3) is 2.25. The molecule has 0 radical (unpaired) electrons. The average Bonchev–Trinajstić information content (AvgIpc) is 2.82. The van der Waals surface area contributed by atoms with E-state index in [1.165, 1.54) is 0 Å². The van der Waals surface area contributed by atoms with Gasteiger partial charge in [-0.25, -0.2) is 4.98 Å². The Balaban J connectivity index is 1.84. The molecular formula is C15H14N4O. The van der Waals surface area contributed by atoms with E-state index in [-0.39, 0.29) is 5.91 Å². The number of nitrogens with one attached hydrogen (secondary N) is 1. The Morgan fingerprint density at radius 1 is 1.25 bits per heavy atom. The van der Waals surface area contributed by atoms with Gasteiger partial charge in [0.05, 0.1) is 5.69 Å². The zero-order chi connectivity index (χ0) is 13.9. The van der Waals surface area contributed by atoms with E-state index >= 15 is 0 Å². The van der Waals surface area contributed by atoms with Gasteiger partial charge in [-0.05, 0) is 36.8 Å². The number of aryl methyl sites for hydroxylation is 1. The highest BCUT2D eigenvalue weighted by atomic mass is 16.1. The second-order valence-electron chi connectivity index (χ2n) is 4.51. The molecule has 5 heteroatoms. The van der Waals surface area contributed by atoms with E-state index in [1.54, 1.807) is 16.8 Å². The molecule has 0 atom stereocenters. The molecule has 3 aromatic heterocycles. The third-order valence-corrected chi connectivity index (χ3v) is 3.12. The number of carbonyl (C=O) groups excluding carboxylic acids is 1. The van der Waals surface area contributed by atoms with Gasteiger partial charge in [0.25, 0.3) is 5.91 Å². The molecule has 0 saturated heterocycles. The van der Waals surface area contributed by atoms with Crippen LogP contribution < -0.4 is 5.32 Å². The van der Waals surface area contributed by atoms with E-state index in [0.717, 1.165) is 16.9 Å². The number of imidazole rings is 1. The fraction of sp³-hybridized carbons (Fsp3) is 0.133. The van der Waals surface area contributed by atoms with Crippen LogP contribution in [0.1, 0.15) is 21.7 Å². The molecule has 0 spiro atoms. The summed E-state index contributed by atoms with van der Waals surface area (Å²) >= 11 is 0. The van der Waals surface area contributed by atoms with Gasteiger partial charge in [-0.2, -0.15) is 0 Å². The van der Waals surface area contributed by atoms with Crippen LogP contribution in [0.3, 0.4) is 0 Å². The van der Waals surface area contributed by atoms with Crippen molar-refractivity contribution in [1.29, 1.82) is 0 Å². The lowest BCUT2D eigenvalue weighted by Crippen LogP contribution is -2.24. The minimum absolute atomic E-state index is 0.127. The van der Waals surface area contributed by atoms with Gasteiger partial charge < -0.3 is 5.32 Å². The molecule has 3 heterocycles. The Kier molecular flexibility index (Phi) is 3.16. The third-order valence-electron chi connectivity index (χ3n) is 3.12. The van der Waals surface area contributed by atoms with Gasteiger partial charge in [-0.3, -0.25) is 14.2 Å². The van der Waals surface area contributed by atoms with Crippen LogP contribution in [0.4, 0.5) is 0 Å². The van der Waals surface area contributed by atoms with Crippen molar-refractivity contribution in [3.05, 3.63) is 65.9 Å². The average molecular weight is 266 g/mol. The number of hydrogen-bond donors (Lipinski definition) is 1. The van der Waals surface area contributed by atoms with Crippen LogP contribution in [-0.2, 0) is 6.54 Å².